The fourth-order valence-corrected chi connectivity index (χ4v) is 2.16. The predicted octanol–water partition coefficient (Wildman–Crippen LogP) is 2.97. The summed E-state index contributed by atoms with van der Waals surface area (Å²) in [7, 11) is 0. The van der Waals surface area contributed by atoms with Crippen molar-refractivity contribution in [1.29, 1.82) is 0 Å². The number of aryl methyl sites for hydroxylation is 1. The number of benzene rings is 1. The number of fused-ring (bicyclic) bond motifs is 1. The van der Waals surface area contributed by atoms with E-state index in [0.717, 1.165) is 35.4 Å². The first-order valence-electron chi connectivity index (χ1n) is 6.07. The maximum atomic E-state index is 6.05. The minimum atomic E-state index is 0.807. The van der Waals surface area contributed by atoms with Crippen molar-refractivity contribution in [1.82, 2.24) is 4.98 Å². The zero-order chi connectivity index (χ0) is 12.4. The first-order valence-corrected chi connectivity index (χ1v) is 6.07. The Kier molecular flexibility index (Phi) is 3.18. The van der Waals surface area contributed by atoms with Crippen LogP contribution in [-0.4, -0.2) is 18.1 Å². The average molecular weight is 229 g/mol. The molecule has 0 amide bonds. The zero-order valence-electron chi connectivity index (χ0n) is 10.7. The molecule has 0 fully saturated rings. The highest BCUT2D eigenvalue weighted by Gasteiger charge is 2.06. The molecule has 0 saturated carbocycles. The van der Waals surface area contributed by atoms with Gasteiger partial charge in [-0.15, -0.1) is 0 Å². The Bertz CT molecular complexity index is 530. The Morgan fingerprint density at radius 3 is 2.53 bits per heavy atom. The smallest absolute Gasteiger partial charge is 0.0727 e. The summed E-state index contributed by atoms with van der Waals surface area (Å²) < 4.78 is 0. The molecule has 0 aliphatic rings. The third kappa shape index (κ3) is 2.18. The number of anilines is 2. The number of hydrogen-bond acceptors (Lipinski definition) is 3. The van der Waals surface area contributed by atoms with Crippen LogP contribution in [0.4, 0.5) is 11.4 Å². The number of aromatic nitrogens is 1. The fourth-order valence-electron chi connectivity index (χ4n) is 2.16. The van der Waals surface area contributed by atoms with E-state index in [1.54, 1.807) is 0 Å². The number of pyridine rings is 1. The van der Waals surface area contributed by atoms with Crippen LogP contribution in [0.3, 0.4) is 0 Å². The molecule has 0 saturated heterocycles. The lowest BCUT2D eigenvalue weighted by Gasteiger charge is -2.21. The van der Waals surface area contributed by atoms with Crippen LogP contribution in [0, 0.1) is 6.92 Å². The van der Waals surface area contributed by atoms with Gasteiger partial charge >= 0.3 is 0 Å². The topological polar surface area (TPSA) is 42.2 Å². The normalized spacial score (nSPS) is 10.8. The molecular formula is C14H19N3. The number of rotatable bonds is 3. The Morgan fingerprint density at radius 1 is 1.18 bits per heavy atom. The minimum Gasteiger partial charge on any atom is -0.398 e. The molecule has 0 atom stereocenters. The second-order valence-corrected chi connectivity index (χ2v) is 4.23. The monoisotopic (exact) mass is 229 g/mol. The zero-order valence-corrected chi connectivity index (χ0v) is 10.7. The highest BCUT2D eigenvalue weighted by Crippen LogP contribution is 2.25. The standard InChI is InChI=1S/C14H19N3/c1-4-17(5-2)11-6-7-14-12(9-11)13(15)8-10(3)16-14/h6-9H,4-5H2,1-3H3,(H2,15,16). The first kappa shape index (κ1) is 11.7. The van der Waals surface area contributed by atoms with Crippen molar-refractivity contribution in [3.63, 3.8) is 0 Å². The second kappa shape index (κ2) is 4.62. The van der Waals surface area contributed by atoms with Gasteiger partial charge in [0.1, 0.15) is 0 Å². The van der Waals surface area contributed by atoms with Gasteiger partial charge in [-0.1, -0.05) is 0 Å². The molecule has 3 heteroatoms. The van der Waals surface area contributed by atoms with Gasteiger partial charge in [-0.3, -0.25) is 4.98 Å². The van der Waals surface area contributed by atoms with E-state index in [1.807, 2.05) is 19.1 Å². The van der Waals surface area contributed by atoms with Gasteiger partial charge in [0.25, 0.3) is 0 Å². The first-order chi connectivity index (χ1) is 8.15. The van der Waals surface area contributed by atoms with E-state index in [0.29, 0.717) is 0 Å². The summed E-state index contributed by atoms with van der Waals surface area (Å²) in [5.74, 6) is 0. The third-order valence-electron chi connectivity index (χ3n) is 3.08. The summed E-state index contributed by atoms with van der Waals surface area (Å²) in [4.78, 5) is 6.79. The van der Waals surface area contributed by atoms with Crippen LogP contribution < -0.4 is 10.6 Å². The van der Waals surface area contributed by atoms with Gasteiger partial charge < -0.3 is 10.6 Å². The molecule has 0 spiro atoms. The summed E-state index contributed by atoms with van der Waals surface area (Å²) >= 11 is 0. The molecule has 1 heterocycles. The molecule has 3 nitrogen and oxygen atoms in total. The van der Waals surface area contributed by atoms with Gasteiger partial charge in [0.05, 0.1) is 5.52 Å². The largest absolute Gasteiger partial charge is 0.398 e. The lowest BCUT2D eigenvalue weighted by Crippen LogP contribution is -2.21. The lowest BCUT2D eigenvalue weighted by atomic mass is 10.1. The van der Waals surface area contributed by atoms with Gasteiger partial charge in [-0.05, 0) is 45.0 Å². The number of nitrogen functional groups attached to an aromatic ring is 1. The summed E-state index contributed by atoms with van der Waals surface area (Å²) in [6.45, 7) is 8.28. The molecule has 0 aliphatic heterocycles. The molecule has 17 heavy (non-hydrogen) atoms. The predicted molar refractivity (Wildman–Crippen MR) is 74.5 cm³/mol. The van der Waals surface area contributed by atoms with Crippen molar-refractivity contribution in [2.24, 2.45) is 0 Å². The highest BCUT2D eigenvalue weighted by atomic mass is 15.1. The lowest BCUT2D eigenvalue weighted by molar-refractivity contribution is 0.867. The van der Waals surface area contributed by atoms with Crippen LogP contribution >= 0.6 is 0 Å². The van der Waals surface area contributed by atoms with Crippen molar-refractivity contribution in [2.45, 2.75) is 20.8 Å². The van der Waals surface area contributed by atoms with Crippen LogP contribution in [0.25, 0.3) is 10.9 Å². The van der Waals surface area contributed by atoms with Crippen molar-refractivity contribution < 1.29 is 0 Å². The van der Waals surface area contributed by atoms with Gasteiger partial charge in [0.2, 0.25) is 0 Å². The molecule has 1 aromatic carbocycles. The summed E-state index contributed by atoms with van der Waals surface area (Å²) in [6, 6.07) is 8.21. The molecule has 0 bridgehead atoms. The fraction of sp³-hybridized carbons (Fsp3) is 0.357. The molecule has 2 N–H and O–H groups in total. The molecule has 1 aromatic heterocycles. The van der Waals surface area contributed by atoms with E-state index in [2.05, 4.69) is 35.9 Å². The van der Waals surface area contributed by atoms with E-state index in [9.17, 15) is 0 Å². The van der Waals surface area contributed by atoms with Gasteiger partial charge in [-0.2, -0.15) is 0 Å². The van der Waals surface area contributed by atoms with Gasteiger partial charge in [0, 0.05) is 35.5 Å². The summed E-state index contributed by atoms with van der Waals surface area (Å²) in [5.41, 5.74) is 10.00. The number of nitrogens with two attached hydrogens (primary N) is 1. The Morgan fingerprint density at radius 2 is 1.88 bits per heavy atom. The Hall–Kier alpha value is -1.77. The van der Waals surface area contributed by atoms with Crippen LogP contribution in [0.2, 0.25) is 0 Å². The Balaban J connectivity index is 2.57. The molecule has 2 aromatic rings. The van der Waals surface area contributed by atoms with Gasteiger partial charge in [-0.25, -0.2) is 0 Å². The van der Waals surface area contributed by atoms with E-state index in [1.165, 1.54) is 5.69 Å². The highest BCUT2D eigenvalue weighted by molar-refractivity contribution is 5.92. The van der Waals surface area contributed by atoms with Crippen molar-refractivity contribution in [3.05, 3.63) is 30.0 Å². The second-order valence-electron chi connectivity index (χ2n) is 4.23. The van der Waals surface area contributed by atoms with E-state index >= 15 is 0 Å². The van der Waals surface area contributed by atoms with Crippen molar-refractivity contribution in [3.8, 4) is 0 Å². The average Bonchev–Trinajstić information content (AvgIpc) is 2.31. The maximum absolute atomic E-state index is 6.05. The SMILES string of the molecule is CCN(CC)c1ccc2nc(C)cc(N)c2c1. The van der Waals surface area contributed by atoms with Crippen molar-refractivity contribution >= 4 is 22.3 Å². The number of hydrogen-bond donors (Lipinski definition) is 1. The van der Waals surface area contributed by atoms with Crippen molar-refractivity contribution in [2.75, 3.05) is 23.7 Å². The molecule has 2 rings (SSSR count). The van der Waals surface area contributed by atoms with Crippen LogP contribution in [0.15, 0.2) is 24.3 Å². The van der Waals surface area contributed by atoms with Crippen LogP contribution in [0.5, 0.6) is 0 Å². The number of nitrogens with zero attached hydrogens (tertiary/aromatic N) is 2. The maximum Gasteiger partial charge on any atom is 0.0727 e. The van der Waals surface area contributed by atoms with E-state index in [-0.39, 0.29) is 0 Å². The summed E-state index contributed by atoms with van der Waals surface area (Å²) in [6.07, 6.45) is 0. The van der Waals surface area contributed by atoms with E-state index < -0.39 is 0 Å². The quantitative estimate of drug-likeness (QED) is 0.879. The minimum absolute atomic E-state index is 0.807. The van der Waals surface area contributed by atoms with Crippen LogP contribution in [0.1, 0.15) is 19.5 Å². The third-order valence-corrected chi connectivity index (χ3v) is 3.08. The molecule has 90 valence electrons. The van der Waals surface area contributed by atoms with Crippen LogP contribution in [-0.2, 0) is 0 Å². The molecule has 0 aliphatic carbocycles. The van der Waals surface area contributed by atoms with Gasteiger partial charge in [0.15, 0.2) is 0 Å². The Labute approximate surface area is 102 Å². The summed E-state index contributed by atoms with van der Waals surface area (Å²) in [5, 5.41) is 1.04. The van der Waals surface area contributed by atoms with E-state index in [4.69, 9.17) is 5.73 Å². The molecule has 0 unspecified atom stereocenters. The molecule has 0 radical (unpaired) electrons. The molecular weight excluding hydrogens is 210 g/mol.